The lowest BCUT2D eigenvalue weighted by Crippen LogP contribution is -2.36. The van der Waals surface area contributed by atoms with Gasteiger partial charge in [0.15, 0.2) is 0 Å². The molecular formula is C10H17N3O3S2. The standard InChI is InChI=1S/C10H17N3O3S2/c14-8(16-13-17)4-2-1-3-7-9-6(5-18-7)11-10(15)12-9/h6-7,9,13,17H,1-5H2,(H2,11,12,15)/t6-,7-,9-/m0/s1. The van der Waals surface area contributed by atoms with Crippen LogP contribution >= 0.6 is 24.6 Å². The third-order valence-corrected chi connectivity index (χ3v) is 4.82. The predicted molar refractivity (Wildman–Crippen MR) is 72.2 cm³/mol. The normalized spacial score (nSPS) is 29.6. The van der Waals surface area contributed by atoms with Crippen LogP contribution in [0.15, 0.2) is 0 Å². The molecule has 0 aromatic carbocycles. The molecule has 2 rings (SSSR count). The number of carbonyl (C=O) groups excluding carboxylic acids is 2. The number of fused-ring (bicyclic) bond motifs is 1. The number of thiol groups is 1. The van der Waals surface area contributed by atoms with Crippen LogP contribution in [-0.2, 0) is 9.63 Å². The van der Waals surface area contributed by atoms with Crippen LogP contribution in [0.5, 0.6) is 0 Å². The van der Waals surface area contributed by atoms with Gasteiger partial charge in [-0.2, -0.15) is 11.8 Å². The second-order valence-electron chi connectivity index (χ2n) is 4.43. The van der Waals surface area contributed by atoms with Crippen LogP contribution in [0.2, 0.25) is 0 Å². The van der Waals surface area contributed by atoms with Gasteiger partial charge in [0.05, 0.1) is 12.1 Å². The molecule has 0 spiro atoms. The van der Waals surface area contributed by atoms with Gasteiger partial charge < -0.3 is 15.5 Å². The van der Waals surface area contributed by atoms with Gasteiger partial charge >= 0.3 is 12.0 Å². The average molecular weight is 291 g/mol. The van der Waals surface area contributed by atoms with E-state index in [-0.39, 0.29) is 24.1 Å². The number of unbranched alkanes of at least 4 members (excludes halogenated alkanes) is 1. The zero-order valence-electron chi connectivity index (χ0n) is 9.85. The highest BCUT2D eigenvalue weighted by Gasteiger charge is 2.42. The summed E-state index contributed by atoms with van der Waals surface area (Å²) in [5.41, 5.74) is 0. The molecular weight excluding hydrogens is 274 g/mol. The van der Waals surface area contributed by atoms with E-state index in [0.29, 0.717) is 11.7 Å². The third-order valence-electron chi connectivity index (χ3n) is 3.22. The van der Waals surface area contributed by atoms with Gasteiger partial charge in [-0.1, -0.05) is 24.1 Å². The highest BCUT2D eigenvalue weighted by atomic mass is 32.2. The summed E-state index contributed by atoms with van der Waals surface area (Å²) < 4.78 is 0. The highest BCUT2D eigenvalue weighted by Crippen LogP contribution is 2.33. The number of hydrogen-bond donors (Lipinski definition) is 4. The monoisotopic (exact) mass is 291 g/mol. The molecule has 0 unspecified atom stereocenters. The maximum atomic E-state index is 11.2. The lowest BCUT2D eigenvalue weighted by molar-refractivity contribution is -0.146. The number of amides is 2. The number of nitrogens with one attached hydrogen (secondary N) is 3. The van der Waals surface area contributed by atoms with Crippen molar-refractivity contribution >= 4 is 36.6 Å². The van der Waals surface area contributed by atoms with Gasteiger partial charge in [-0.25, -0.2) is 4.79 Å². The maximum Gasteiger partial charge on any atom is 0.325 e. The Labute approximate surface area is 115 Å². The average Bonchev–Trinajstić information content (AvgIpc) is 2.85. The van der Waals surface area contributed by atoms with Crippen LogP contribution in [-0.4, -0.2) is 35.1 Å². The van der Waals surface area contributed by atoms with Crippen molar-refractivity contribution in [3.8, 4) is 0 Å². The van der Waals surface area contributed by atoms with E-state index < -0.39 is 0 Å². The van der Waals surface area contributed by atoms with Gasteiger partial charge in [-0.3, -0.25) is 4.79 Å². The first-order valence-electron chi connectivity index (χ1n) is 5.98. The SMILES string of the molecule is O=C1N[C@H]2[C@H](CS[C@H]2CCCCC(=O)ONS)N1. The van der Waals surface area contributed by atoms with Crippen molar-refractivity contribution in [3.05, 3.63) is 0 Å². The van der Waals surface area contributed by atoms with Crippen molar-refractivity contribution in [2.75, 3.05) is 5.75 Å². The molecule has 0 radical (unpaired) electrons. The van der Waals surface area contributed by atoms with Crippen LogP contribution in [0.25, 0.3) is 0 Å². The first-order chi connectivity index (χ1) is 8.70. The summed E-state index contributed by atoms with van der Waals surface area (Å²) in [7, 11) is 0. The lowest BCUT2D eigenvalue weighted by atomic mass is 10.0. The Hall–Kier alpha value is -0.600. The molecule has 3 atom stereocenters. The topological polar surface area (TPSA) is 79.5 Å². The van der Waals surface area contributed by atoms with E-state index in [9.17, 15) is 9.59 Å². The van der Waals surface area contributed by atoms with Crippen LogP contribution in [0.4, 0.5) is 4.79 Å². The van der Waals surface area contributed by atoms with Crippen molar-refractivity contribution < 1.29 is 14.4 Å². The van der Waals surface area contributed by atoms with Crippen molar-refractivity contribution in [3.63, 3.8) is 0 Å². The van der Waals surface area contributed by atoms with Crippen molar-refractivity contribution in [1.29, 1.82) is 0 Å². The molecule has 2 fully saturated rings. The molecule has 18 heavy (non-hydrogen) atoms. The number of urea groups is 1. The number of hydrogen-bond acceptors (Lipinski definition) is 6. The van der Waals surface area contributed by atoms with Crippen molar-refractivity contribution in [2.24, 2.45) is 0 Å². The summed E-state index contributed by atoms with van der Waals surface area (Å²) in [4.78, 5) is 28.8. The van der Waals surface area contributed by atoms with Gasteiger partial charge in [0, 0.05) is 17.4 Å². The Balaban J connectivity index is 1.62. The largest absolute Gasteiger partial charge is 0.360 e. The van der Waals surface area contributed by atoms with E-state index in [1.165, 1.54) is 0 Å². The summed E-state index contributed by atoms with van der Waals surface area (Å²) in [6.07, 6.45) is 3.15. The second-order valence-corrected chi connectivity index (χ2v) is 5.89. The predicted octanol–water partition coefficient (Wildman–Crippen LogP) is 0.605. The Kier molecular flexibility index (Phi) is 5.02. The molecule has 2 saturated heterocycles. The van der Waals surface area contributed by atoms with Gasteiger partial charge in [0.2, 0.25) is 0 Å². The third kappa shape index (κ3) is 3.46. The molecule has 2 aliphatic rings. The molecule has 3 N–H and O–H groups in total. The van der Waals surface area contributed by atoms with Gasteiger partial charge in [0.25, 0.3) is 0 Å². The molecule has 0 aromatic rings. The van der Waals surface area contributed by atoms with Crippen LogP contribution in [0.3, 0.4) is 0 Å². The maximum absolute atomic E-state index is 11.2. The van der Waals surface area contributed by atoms with Crippen LogP contribution in [0.1, 0.15) is 25.7 Å². The van der Waals surface area contributed by atoms with Crippen LogP contribution in [0, 0.1) is 0 Å². The van der Waals surface area contributed by atoms with E-state index in [1.54, 1.807) is 0 Å². The number of thioether (sulfide) groups is 1. The van der Waals surface area contributed by atoms with Gasteiger partial charge in [-0.15, -0.1) is 0 Å². The fourth-order valence-corrected chi connectivity index (χ4v) is 4.01. The summed E-state index contributed by atoms with van der Waals surface area (Å²) in [6, 6.07) is 0.457. The first kappa shape index (κ1) is 13.8. The summed E-state index contributed by atoms with van der Waals surface area (Å²) in [6.45, 7) is 0. The summed E-state index contributed by atoms with van der Waals surface area (Å²) in [5.74, 6) is 0.678. The van der Waals surface area contributed by atoms with E-state index in [2.05, 4.69) is 33.2 Å². The zero-order valence-corrected chi connectivity index (χ0v) is 11.6. The quantitative estimate of drug-likeness (QED) is 0.249. The Bertz CT molecular complexity index is 329. The fraction of sp³-hybridized carbons (Fsp3) is 0.800. The molecule has 6 nitrogen and oxygen atoms in total. The smallest absolute Gasteiger partial charge is 0.325 e. The van der Waals surface area contributed by atoms with Gasteiger partial charge in [0.1, 0.15) is 0 Å². The van der Waals surface area contributed by atoms with Crippen molar-refractivity contribution in [2.45, 2.75) is 43.0 Å². The Morgan fingerprint density at radius 1 is 1.50 bits per heavy atom. The van der Waals surface area contributed by atoms with Gasteiger partial charge in [-0.05, 0) is 12.8 Å². The molecule has 102 valence electrons. The molecule has 2 heterocycles. The Morgan fingerprint density at radius 3 is 3.11 bits per heavy atom. The van der Waals surface area contributed by atoms with Crippen molar-refractivity contribution in [1.82, 2.24) is 15.5 Å². The zero-order chi connectivity index (χ0) is 13.0. The molecule has 0 bridgehead atoms. The highest BCUT2D eigenvalue weighted by molar-refractivity contribution is 8.00. The van der Waals surface area contributed by atoms with E-state index >= 15 is 0 Å². The molecule has 2 amide bonds. The lowest BCUT2D eigenvalue weighted by Gasteiger charge is -2.16. The molecule has 2 aliphatic heterocycles. The number of carbonyl (C=O) groups is 2. The minimum Gasteiger partial charge on any atom is -0.360 e. The fourth-order valence-electron chi connectivity index (χ4n) is 2.36. The minimum atomic E-state index is -0.294. The minimum absolute atomic E-state index is 0.0567. The molecule has 8 heteroatoms. The molecule has 0 saturated carbocycles. The molecule has 0 aromatic heterocycles. The Morgan fingerprint density at radius 2 is 2.33 bits per heavy atom. The van der Waals surface area contributed by atoms with Crippen LogP contribution < -0.4 is 15.5 Å². The summed E-state index contributed by atoms with van der Waals surface area (Å²) >= 11 is 5.47. The second kappa shape index (κ2) is 6.53. The number of rotatable bonds is 6. The summed E-state index contributed by atoms with van der Waals surface area (Å²) in [5, 5.41) is 6.31. The van der Waals surface area contributed by atoms with E-state index in [0.717, 1.165) is 25.0 Å². The first-order valence-corrected chi connectivity index (χ1v) is 7.47. The van der Waals surface area contributed by atoms with E-state index in [4.69, 9.17) is 0 Å². The molecule has 0 aliphatic carbocycles. The van der Waals surface area contributed by atoms with E-state index in [1.807, 2.05) is 11.8 Å².